The summed E-state index contributed by atoms with van der Waals surface area (Å²) in [5.74, 6) is 0. The van der Waals surface area contributed by atoms with Crippen LogP contribution in [-0.4, -0.2) is 24.3 Å². The molecule has 5 heterocycles. The van der Waals surface area contributed by atoms with Crippen LogP contribution in [0.3, 0.4) is 0 Å². The summed E-state index contributed by atoms with van der Waals surface area (Å²) < 4.78 is 10.8. The first-order valence-electron chi connectivity index (χ1n) is 17.0. The van der Waals surface area contributed by atoms with Gasteiger partial charge in [-0.05, 0) is 72.8 Å². The summed E-state index contributed by atoms with van der Waals surface area (Å²) >= 11 is 0. The quantitative estimate of drug-likeness (QED) is 0.190. The van der Waals surface area contributed by atoms with E-state index in [1.54, 1.807) is 6.20 Å². The highest BCUT2D eigenvalue weighted by molar-refractivity contribution is 6.12. The number of fused-ring (bicyclic) bond motifs is 9. The van der Waals surface area contributed by atoms with Crippen LogP contribution in [0.4, 0.5) is 0 Å². The third kappa shape index (κ3) is 4.20. The molecule has 11 rings (SSSR count). The fourth-order valence-electron chi connectivity index (χ4n) is 7.76. The molecular formula is C45H27N5O. The topological polar surface area (TPSA) is 61.7 Å². The minimum Gasteiger partial charge on any atom is -0.435 e. The highest BCUT2D eigenvalue weighted by Crippen LogP contribution is 2.38. The molecule has 238 valence electrons. The standard InChI is InChI=1S/C45H27N5O/c1-3-11-30(12-4-1)49-40-17-9-7-15-32(40)34-23-28(19-21-42(34)49)38-25-36-37-26-39(47-48-45(37)51-44(36)27-46-38)29-20-22-43-35(24-29)33-16-8-10-18-41(33)50(43)31-13-5-2-6-14-31/h1-27H. The number of nitrogens with zero attached hydrogens (tertiary/aromatic N) is 5. The molecule has 0 radical (unpaired) electrons. The van der Waals surface area contributed by atoms with E-state index in [0.29, 0.717) is 11.3 Å². The van der Waals surface area contributed by atoms with Gasteiger partial charge in [0.15, 0.2) is 5.58 Å². The van der Waals surface area contributed by atoms with Crippen LogP contribution in [-0.2, 0) is 0 Å². The number of aromatic nitrogens is 5. The number of rotatable bonds is 4. The smallest absolute Gasteiger partial charge is 0.247 e. The van der Waals surface area contributed by atoms with Gasteiger partial charge in [-0.3, -0.25) is 4.98 Å². The van der Waals surface area contributed by atoms with Crippen LogP contribution in [0.2, 0.25) is 0 Å². The number of para-hydroxylation sites is 4. The summed E-state index contributed by atoms with van der Waals surface area (Å²) in [7, 11) is 0. The largest absolute Gasteiger partial charge is 0.435 e. The molecule has 0 unspecified atom stereocenters. The minimum absolute atomic E-state index is 0.496. The van der Waals surface area contributed by atoms with E-state index in [9.17, 15) is 0 Å². The molecule has 0 N–H and O–H groups in total. The molecule has 0 aliphatic carbocycles. The number of furan rings is 1. The first-order chi connectivity index (χ1) is 25.3. The zero-order chi connectivity index (χ0) is 33.5. The molecule has 0 bridgehead atoms. The Morgan fingerprint density at radius 1 is 0.392 bits per heavy atom. The van der Waals surface area contributed by atoms with Crippen molar-refractivity contribution in [2.75, 3.05) is 0 Å². The number of benzene rings is 6. The minimum atomic E-state index is 0.496. The van der Waals surface area contributed by atoms with Crippen molar-refractivity contribution >= 4 is 65.7 Å². The normalized spacial score (nSPS) is 11.9. The Hall–Kier alpha value is -7.05. The van der Waals surface area contributed by atoms with Gasteiger partial charge in [-0.2, -0.15) is 0 Å². The van der Waals surface area contributed by atoms with Crippen LogP contribution in [0.1, 0.15) is 0 Å². The lowest BCUT2D eigenvalue weighted by atomic mass is 10.0. The Morgan fingerprint density at radius 3 is 1.51 bits per heavy atom. The molecule has 0 saturated heterocycles. The first kappa shape index (κ1) is 27.9. The lowest BCUT2D eigenvalue weighted by molar-refractivity contribution is 0.644. The van der Waals surface area contributed by atoms with Crippen LogP contribution < -0.4 is 0 Å². The molecule has 0 saturated carbocycles. The summed E-state index contributed by atoms with van der Waals surface area (Å²) in [5.41, 5.74) is 11.8. The molecule has 0 spiro atoms. The highest BCUT2D eigenvalue weighted by Gasteiger charge is 2.18. The number of hydrogen-bond acceptors (Lipinski definition) is 4. The molecule has 0 amide bonds. The van der Waals surface area contributed by atoms with Gasteiger partial charge in [-0.25, -0.2) is 0 Å². The Kier molecular flexibility index (Phi) is 5.86. The van der Waals surface area contributed by atoms with Crippen molar-refractivity contribution in [2.45, 2.75) is 0 Å². The number of pyridine rings is 1. The van der Waals surface area contributed by atoms with Gasteiger partial charge in [0.1, 0.15) is 0 Å². The van der Waals surface area contributed by atoms with E-state index in [-0.39, 0.29) is 0 Å². The van der Waals surface area contributed by atoms with Crippen molar-refractivity contribution in [1.29, 1.82) is 0 Å². The summed E-state index contributed by atoms with van der Waals surface area (Å²) in [5, 5.41) is 15.8. The second kappa shape index (κ2) is 10.7. The summed E-state index contributed by atoms with van der Waals surface area (Å²) in [6.45, 7) is 0. The second-order valence-corrected chi connectivity index (χ2v) is 13.0. The van der Waals surface area contributed by atoms with Gasteiger partial charge in [0.2, 0.25) is 5.71 Å². The molecule has 0 aliphatic heterocycles. The van der Waals surface area contributed by atoms with Crippen molar-refractivity contribution < 1.29 is 4.42 Å². The van der Waals surface area contributed by atoms with E-state index >= 15 is 0 Å². The molecule has 11 aromatic rings. The molecule has 6 heteroatoms. The van der Waals surface area contributed by atoms with Crippen molar-refractivity contribution in [3.05, 3.63) is 164 Å². The third-order valence-corrected chi connectivity index (χ3v) is 10.1. The van der Waals surface area contributed by atoms with Gasteiger partial charge >= 0.3 is 0 Å². The lowest BCUT2D eigenvalue weighted by Crippen LogP contribution is -1.93. The van der Waals surface area contributed by atoms with Crippen LogP contribution in [0, 0.1) is 0 Å². The maximum absolute atomic E-state index is 6.15. The third-order valence-electron chi connectivity index (χ3n) is 10.1. The van der Waals surface area contributed by atoms with Gasteiger partial charge < -0.3 is 13.6 Å². The molecular weight excluding hydrogens is 627 g/mol. The summed E-state index contributed by atoms with van der Waals surface area (Å²) in [6.07, 6.45) is 1.80. The number of hydrogen-bond donors (Lipinski definition) is 0. The van der Waals surface area contributed by atoms with Crippen molar-refractivity contribution in [3.8, 4) is 33.9 Å². The average Bonchev–Trinajstić information content (AvgIpc) is 3.85. The summed E-state index contributed by atoms with van der Waals surface area (Å²) in [4.78, 5) is 4.84. The van der Waals surface area contributed by atoms with Crippen molar-refractivity contribution in [1.82, 2.24) is 24.3 Å². The van der Waals surface area contributed by atoms with Crippen LogP contribution >= 0.6 is 0 Å². The SMILES string of the molecule is c1ccc(-n2c3ccccc3c3cc(-c4cc5c(cn4)oc4nnc(-c6ccc7c(c6)c6ccccc6n7-c6ccccc6)cc45)ccc32)cc1. The molecule has 6 aromatic carbocycles. The van der Waals surface area contributed by atoms with Crippen molar-refractivity contribution in [3.63, 3.8) is 0 Å². The monoisotopic (exact) mass is 653 g/mol. The Labute approximate surface area is 291 Å². The van der Waals surface area contributed by atoms with Gasteiger partial charge in [0.25, 0.3) is 0 Å². The van der Waals surface area contributed by atoms with Gasteiger partial charge in [0.05, 0.1) is 45.0 Å². The molecule has 0 atom stereocenters. The van der Waals surface area contributed by atoms with E-state index in [1.807, 2.05) is 6.07 Å². The fraction of sp³-hybridized carbons (Fsp3) is 0. The van der Waals surface area contributed by atoms with Gasteiger partial charge in [0, 0.05) is 49.4 Å². The summed E-state index contributed by atoms with van der Waals surface area (Å²) in [6, 6.07) is 55.5. The van der Waals surface area contributed by atoms with E-state index in [4.69, 9.17) is 9.40 Å². The van der Waals surface area contributed by atoms with Crippen LogP contribution in [0.25, 0.3) is 99.6 Å². The predicted molar refractivity (Wildman–Crippen MR) is 207 cm³/mol. The van der Waals surface area contributed by atoms with Gasteiger partial charge in [-0.15, -0.1) is 10.2 Å². The second-order valence-electron chi connectivity index (χ2n) is 13.0. The molecule has 5 aromatic heterocycles. The average molecular weight is 654 g/mol. The zero-order valence-electron chi connectivity index (χ0n) is 27.2. The van der Waals surface area contributed by atoms with Crippen LogP contribution in [0.15, 0.2) is 168 Å². The predicted octanol–water partition coefficient (Wildman–Crippen LogP) is 11.3. The maximum atomic E-state index is 6.15. The first-order valence-corrected chi connectivity index (χ1v) is 17.0. The zero-order valence-corrected chi connectivity index (χ0v) is 27.2. The van der Waals surface area contributed by atoms with Gasteiger partial charge in [-0.1, -0.05) is 84.9 Å². The Morgan fingerprint density at radius 2 is 0.902 bits per heavy atom. The van der Waals surface area contributed by atoms with Crippen molar-refractivity contribution in [2.24, 2.45) is 0 Å². The molecule has 6 nitrogen and oxygen atoms in total. The molecule has 0 aliphatic rings. The highest BCUT2D eigenvalue weighted by atomic mass is 16.3. The molecule has 51 heavy (non-hydrogen) atoms. The Balaban J connectivity index is 1.04. The lowest BCUT2D eigenvalue weighted by Gasteiger charge is -2.08. The van der Waals surface area contributed by atoms with Crippen LogP contribution in [0.5, 0.6) is 0 Å². The maximum Gasteiger partial charge on any atom is 0.247 e. The van der Waals surface area contributed by atoms with E-state index < -0.39 is 0 Å². The molecule has 0 fully saturated rings. The fourth-order valence-corrected chi connectivity index (χ4v) is 7.76. The van der Waals surface area contributed by atoms with E-state index in [2.05, 4.69) is 171 Å². The van der Waals surface area contributed by atoms with E-state index in [0.717, 1.165) is 55.7 Å². The Bertz CT molecular complexity index is 2920. The van der Waals surface area contributed by atoms with E-state index in [1.165, 1.54) is 32.6 Å².